The lowest BCUT2D eigenvalue weighted by Crippen LogP contribution is -2.00. The average Bonchev–Trinajstić information content (AvgIpc) is 3.09. The summed E-state index contributed by atoms with van der Waals surface area (Å²) in [5, 5.41) is 9.54. The van der Waals surface area contributed by atoms with Gasteiger partial charge >= 0.3 is 0 Å². The number of benzene rings is 1. The Hall–Kier alpha value is -2.47. The zero-order chi connectivity index (χ0) is 17.5. The van der Waals surface area contributed by atoms with Gasteiger partial charge in [0, 0.05) is 36.5 Å². The van der Waals surface area contributed by atoms with E-state index in [-0.39, 0.29) is 0 Å². The Labute approximate surface area is 152 Å². The van der Waals surface area contributed by atoms with Crippen LogP contribution < -0.4 is 0 Å². The van der Waals surface area contributed by atoms with Gasteiger partial charge in [-0.25, -0.2) is 0 Å². The lowest BCUT2D eigenvalue weighted by Gasteiger charge is -2.05. The molecule has 1 aromatic carbocycles. The molecule has 0 radical (unpaired) electrons. The van der Waals surface area contributed by atoms with Crippen molar-refractivity contribution < 1.29 is 0 Å². The SMILES string of the molecule is CCc1ccc(/N=C/CSc2nnc(-c3cccnc3)n2CC)cc1. The molecule has 3 aromatic rings. The van der Waals surface area contributed by atoms with Crippen molar-refractivity contribution in [3.05, 3.63) is 54.4 Å². The molecule has 0 aliphatic heterocycles. The van der Waals surface area contributed by atoms with Crippen molar-refractivity contribution in [1.29, 1.82) is 0 Å². The molecule has 2 heterocycles. The third kappa shape index (κ3) is 4.33. The number of rotatable bonds is 7. The number of aromatic nitrogens is 4. The van der Waals surface area contributed by atoms with Crippen LogP contribution in [0.5, 0.6) is 0 Å². The number of hydrogen-bond donors (Lipinski definition) is 0. The van der Waals surface area contributed by atoms with Crippen molar-refractivity contribution in [3.8, 4) is 11.4 Å². The number of aliphatic imine (C=N–C) groups is 1. The van der Waals surface area contributed by atoms with E-state index in [1.54, 1.807) is 18.0 Å². The predicted octanol–water partition coefficient (Wildman–Crippen LogP) is 4.42. The Kier molecular flexibility index (Phi) is 5.95. The van der Waals surface area contributed by atoms with Crippen molar-refractivity contribution >= 4 is 23.7 Å². The fourth-order valence-corrected chi connectivity index (χ4v) is 3.23. The standard InChI is InChI=1S/C19H21N5S/c1-3-15-7-9-17(10-8-15)21-12-13-25-19-23-22-18(24(19)4-2)16-6-5-11-20-14-16/h5-12,14H,3-4,13H2,1-2H3/b21-12+. The summed E-state index contributed by atoms with van der Waals surface area (Å²) in [5.74, 6) is 1.60. The van der Waals surface area contributed by atoms with Gasteiger partial charge in [0.15, 0.2) is 11.0 Å². The fourth-order valence-electron chi connectivity index (χ4n) is 2.46. The minimum absolute atomic E-state index is 0.751. The van der Waals surface area contributed by atoms with E-state index in [4.69, 9.17) is 0 Å². The van der Waals surface area contributed by atoms with Crippen LogP contribution in [0.25, 0.3) is 11.4 Å². The highest BCUT2D eigenvalue weighted by atomic mass is 32.2. The maximum absolute atomic E-state index is 4.50. The van der Waals surface area contributed by atoms with E-state index in [0.29, 0.717) is 0 Å². The predicted molar refractivity (Wildman–Crippen MR) is 104 cm³/mol. The molecular formula is C19H21N5S. The second-order valence-corrected chi connectivity index (χ2v) is 6.42. The van der Waals surface area contributed by atoms with Crippen molar-refractivity contribution in [2.45, 2.75) is 32.0 Å². The molecule has 0 N–H and O–H groups in total. The first-order valence-electron chi connectivity index (χ1n) is 8.39. The highest BCUT2D eigenvalue weighted by molar-refractivity contribution is 7.99. The molecule has 3 rings (SSSR count). The molecule has 0 saturated heterocycles. The minimum Gasteiger partial charge on any atom is -0.302 e. The maximum atomic E-state index is 4.50. The van der Waals surface area contributed by atoms with Gasteiger partial charge in [0.2, 0.25) is 0 Å². The van der Waals surface area contributed by atoms with Crippen LogP contribution >= 0.6 is 11.8 Å². The first kappa shape index (κ1) is 17.4. The van der Waals surface area contributed by atoms with Crippen molar-refractivity contribution in [3.63, 3.8) is 0 Å². The summed E-state index contributed by atoms with van der Waals surface area (Å²) in [6.07, 6.45) is 6.54. The van der Waals surface area contributed by atoms with E-state index in [1.807, 2.05) is 24.5 Å². The Bertz CT molecular complexity index is 825. The Morgan fingerprint density at radius 3 is 2.64 bits per heavy atom. The lowest BCUT2D eigenvalue weighted by molar-refractivity contribution is 0.688. The Morgan fingerprint density at radius 2 is 1.96 bits per heavy atom. The summed E-state index contributed by atoms with van der Waals surface area (Å²) in [5.41, 5.74) is 3.28. The zero-order valence-electron chi connectivity index (χ0n) is 14.5. The number of hydrogen-bond acceptors (Lipinski definition) is 5. The van der Waals surface area contributed by atoms with Gasteiger partial charge in [0.05, 0.1) is 5.69 Å². The molecule has 0 aliphatic rings. The van der Waals surface area contributed by atoms with E-state index in [0.717, 1.165) is 41.0 Å². The molecule has 25 heavy (non-hydrogen) atoms. The Morgan fingerprint density at radius 1 is 1.12 bits per heavy atom. The van der Waals surface area contributed by atoms with Gasteiger partial charge in [0.25, 0.3) is 0 Å². The second kappa shape index (κ2) is 8.58. The maximum Gasteiger partial charge on any atom is 0.191 e. The average molecular weight is 351 g/mol. The molecule has 0 spiro atoms. The second-order valence-electron chi connectivity index (χ2n) is 5.43. The largest absolute Gasteiger partial charge is 0.302 e. The van der Waals surface area contributed by atoms with Gasteiger partial charge in [-0.15, -0.1) is 10.2 Å². The summed E-state index contributed by atoms with van der Waals surface area (Å²) < 4.78 is 2.10. The first-order chi connectivity index (χ1) is 12.3. The third-order valence-corrected chi connectivity index (χ3v) is 4.70. The molecule has 0 unspecified atom stereocenters. The molecule has 5 nitrogen and oxygen atoms in total. The number of thioether (sulfide) groups is 1. The summed E-state index contributed by atoms with van der Waals surface area (Å²) in [6.45, 7) is 5.06. The van der Waals surface area contributed by atoms with Crippen LogP contribution in [0.3, 0.4) is 0 Å². The lowest BCUT2D eigenvalue weighted by atomic mass is 10.2. The topological polar surface area (TPSA) is 56.0 Å². The van der Waals surface area contributed by atoms with Crippen LogP contribution in [0.15, 0.2) is 58.9 Å². The highest BCUT2D eigenvalue weighted by Crippen LogP contribution is 2.23. The van der Waals surface area contributed by atoms with Gasteiger partial charge in [-0.05, 0) is 43.2 Å². The van der Waals surface area contributed by atoms with Crippen LogP contribution in [0.4, 0.5) is 5.69 Å². The normalized spacial score (nSPS) is 11.3. The first-order valence-corrected chi connectivity index (χ1v) is 9.38. The van der Waals surface area contributed by atoms with Gasteiger partial charge in [0.1, 0.15) is 0 Å². The minimum atomic E-state index is 0.751. The highest BCUT2D eigenvalue weighted by Gasteiger charge is 2.12. The number of nitrogens with zero attached hydrogens (tertiary/aromatic N) is 5. The van der Waals surface area contributed by atoms with Crippen LogP contribution in [-0.2, 0) is 13.0 Å². The van der Waals surface area contributed by atoms with Gasteiger partial charge in [-0.2, -0.15) is 0 Å². The Balaban J connectivity index is 1.65. The molecule has 0 saturated carbocycles. The quantitative estimate of drug-likeness (QED) is 0.467. The van der Waals surface area contributed by atoms with Crippen molar-refractivity contribution in [2.75, 3.05) is 5.75 Å². The molecule has 128 valence electrons. The summed E-state index contributed by atoms with van der Waals surface area (Å²) in [6, 6.07) is 12.2. The molecule has 0 fully saturated rings. The van der Waals surface area contributed by atoms with Crippen molar-refractivity contribution in [1.82, 2.24) is 19.7 Å². The van der Waals surface area contributed by atoms with E-state index in [2.05, 4.69) is 62.9 Å². The van der Waals surface area contributed by atoms with Crippen LogP contribution in [0, 0.1) is 0 Å². The zero-order valence-corrected chi connectivity index (χ0v) is 15.3. The fraction of sp³-hybridized carbons (Fsp3) is 0.263. The van der Waals surface area contributed by atoms with Gasteiger partial charge in [-0.3, -0.25) is 9.98 Å². The van der Waals surface area contributed by atoms with E-state index in [1.165, 1.54) is 5.56 Å². The molecular weight excluding hydrogens is 330 g/mol. The molecule has 0 atom stereocenters. The molecule has 2 aromatic heterocycles. The molecule has 0 amide bonds. The van der Waals surface area contributed by atoms with E-state index >= 15 is 0 Å². The smallest absolute Gasteiger partial charge is 0.191 e. The number of aryl methyl sites for hydroxylation is 1. The third-order valence-electron chi connectivity index (χ3n) is 3.82. The van der Waals surface area contributed by atoms with Gasteiger partial charge < -0.3 is 4.57 Å². The van der Waals surface area contributed by atoms with Crippen LogP contribution in [0.2, 0.25) is 0 Å². The van der Waals surface area contributed by atoms with E-state index < -0.39 is 0 Å². The van der Waals surface area contributed by atoms with Crippen molar-refractivity contribution in [2.24, 2.45) is 4.99 Å². The molecule has 6 heteroatoms. The summed E-state index contributed by atoms with van der Waals surface area (Å²) in [4.78, 5) is 8.66. The van der Waals surface area contributed by atoms with Crippen LogP contribution in [-0.4, -0.2) is 31.7 Å². The summed E-state index contributed by atoms with van der Waals surface area (Å²) in [7, 11) is 0. The molecule has 0 aliphatic carbocycles. The van der Waals surface area contributed by atoms with E-state index in [9.17, 15) is 0 Å². The van der Waals surface area contributed by atoms with Gasteiger partial charge in [-0.1, -0.05) is 30.8 Å². The monoisotopic (exact) mass is 351 g/mol. The summed E-state index contributed by atoms with van der Waals surface area (Å²) >= 11 is 1.63. The number of pyridine rings is 1. The van der Waals surface area contributed by atoms with Crippen LogP contribution in [0.1, 0.15) is 19.4 Å². The molecule has 0 bridgehead atoms.